The van der Waals surface area contributed by atoms with Crippen molar-refractivity contribution in [1.82, 2.24) is 5.23 Å². The molecular weight excluding hydrogens is 153 g/mol. The van der Waals surface area contributed by atoms with Crippen molar-refractivity contribution < 1.29 is 9.59 Å². The third-order valence-electron chi connectivity index (χ3n) is 2.09. The van der Waals surface area contributed by atoms with Gasteiger partial charge < -0.3 is 5.23 Å². The summed E-state index contributed by atoms with van der Waals surface area (Å²) in [6, 6.07) is 0. The molecule has 3 nitrogen and oxygen atoms in total. The Hall–Kier alpha value is -0.795. The van der Waals surface area contributed by atoms with E-state index in [0.717, 1.165) is 0 Å². The summed E-state index contributed by atoms with van der Waals surface area (Å²) in [5.41, 5.74) is -0.424. The first kappa shape index (κ1) is 11.2. The highest BCUT2D eigenvalue weighted by Gasteiger charge is 2.23. The molecule has 0 bridgehead atoms. The number of carbonyl (C=O) groups is 2. The van der Waals surface area contributed by atoms with Gasteiger partial charge in [-0.05, 0) is 13.3 Å². The number of amides is 1. The van der Waals surface area contributed by atoms with Crippen molar-refractivity contribution in [2.75, 3.05) is 0 Å². The van der Waals surface area contributed by atoms with Gasteiger partial charge in [-0.3, -0.25) is 9.59 Å². The van der Waals surface area contributed by atoms with Crippen LogP contribution in [0.25, 0.3) is 0 Å². The summed E-state index contributed by atoms with van der Waals surface area (Å²) >= 11 is 0. The van der Waals surface area contributed by atoms with Crippen LogP contribution in [-0.4, -0.2) is 19.7 Å². The van der Waals surface area contributed by atoms with Gasteiger partial charge in [0.1, 0.15) is 5.78 Å². The van der Waals surface area contributed by atoms with Crippen molar-refractivity contribution in [2.45, 2.75) is 33.6 Å². The summed E-state index contributed by atoms with van der Waals surface area (Å²) in [6.45, 7) is 5.17. The molecule has 66 valence electrons. The predicted octanol–water partition coefficient (Wildman–Crippen LogP) is 0.581. The van der Waals surface area contributed by atoms with E-state index in [1.807, 2.05) is 19.1 Å². The van der Waals surface area contributed by atoms with Crippen molar-refractivity contribution in [3.63, 3.8) is 0 Å². The number of Topliss-reactive ketones (excluding diaryl/α,β-unsaturated/α-hetero) is 1. The van der Waals surface area contributed by atoms with E-state index < -0.39 is 5.41 Å². The third kappa shape index (κ3) is 3.55. The Morgan fingerprint density at radius 1 is 1.42 bits per heavy atom. The molecule has 0 aliphatic rings. The summed E-state index contributed by atoms with van der Waals surface area (Å²) < 4.78 is 0. The van der Waals surface area contributed by atoms with Crippen LogP contribution in [0, 0.1) is 5.41 Å². The first-order valence-electron chi connectivity index (χ1n) is 3.90. The van der Waals surface area contributed by atoms with Crippen molar-refractivity contribution in [2.24, 2.45) is 5.41 Å². The van der Waals surface area contributed by atoms with Gasteiger partial charge >= 0.3 is 0 Å². The van der Waals surface area contributed by atoms with Gasteiger partial charge in [0, 0.05) is 11.8 Å². The normalized spacial score (nSPS) is 10.9. The topological polar surface area (TPSA) is 46.2 Å². The minimum atomic E-state index is -0.424. The van der Waals surface area contributed by atoms with Crippen molar-refractivity contribution in [1.29, 1.82) is 0 Å². The summed E-state index contributed by atoms with van der Waals surface area (Å²) in [4.78, 5) is 21.7. The second-order valence-corrected chi connectivity index (χ2v) is 3.51. The molecule has 1 amide bonds. The zero-order valence-electron chi connectivity index (χ0n) is 7.81. The van der Waals surface area contributed by atoms with Crippen LogP contribution < -0.4 is 5.23 Å². The highest BCUT2D eigenvalue weighted by molar-refractivity contribution is 6.14. The molecule has 0 fully saturated rings. The first-order valence-corrected chi connectivity index (χ1v) is 3.90. The molecule has 0 rings (SSSR count). The number of hydrogen-bond acceptors (Lipinski definition) is 2. The number of hydrogen-bond donors (Lipinski definition) is 1. The Kier molecular flexibility index (Phi) is 4.00. The van der Waals surface area contributed by atoms with Gasteiger partial charge in [0.15, 0.2) is 0 Å². The zero-order valence-corrected chi connectivity index (χ0v) is 7.81. The molecule has 0 saturated carbocycles. The first-order chi connectivity index (χ1) is 5.40. The van der Waals surface area contributed by atoms with Gasteiger partial charge in [0.25, 0.3) is 0 Å². The lowest BCUT2D eigenvalue weighted by Gasteiger charge is -2.19. The lowest BCUT2D eigenvalue weighted by atomic mass is 9.84. The van der Waals surface area contributed by atoms with Crippen LogP contribution in [0.15, 0.2) is 0 Å². The van der Waals surface area contributed by atoms with Crippen LogP contribution in [0.5, 0.6) is 0 Å². The van der Waals surface area contributed by atoms with E-state index in [1.165, 1.54) is 6.92 Å². The molecule has 0 aromatic carbocycles. The van der Waals surface area contributed by atoms with Crippen LogP contribution in [0.3, 0.4) is 0 Å². The van der Waals surface area contributed by atoms with Crippen LogP contribution >= 0.6 is 0 Å². The largest absolute Gasteiger partial charge is 0.409 e. The van der Waals surface area contributed by atoms with Gasteiger partial charge in [-0.25, -0.2) is 0 Å². The zero-order chi connectivity index (χ0) is 9.78. The van der Waals surface area contributed by atoms with E-state index in [0.29, 0.717) is 12.8 Å². The molecule has 0 aliphatic carbocycles. The van der Waals surface area contributed by atoms with Crippen LogP contribution in [0.1, 0.15) is 33.6 Å². The van der Waals surface area contributed by atoms with Gasteiger partial charge in [-0.15, -0.1) is 0 Å². The number of carbonyl (C=O) groups excluding carboxylic acids is 2. The molecule has 0 atom stereocenters. The minimum Gasteiger partial charge on any atom is -0.409 e. The average Bonchev–Trinajstić information content (AvgIpc) is 2.00. The minimum absolute atomic E-state index is 0.0901. The maximum atomic E-state index is 11.0. The second kappa shape index (κ2) is 4.29. The Morgan fingerprint density at radius 2 is 1.92 bits per heavy atom. The summed E-state index contributed by atoms with van der Waals surface area (Å²) in [5.74, 6) is -0.142. The average molecular weight is 167 g/mol. The molecule has 4 heteroatoms. The molecule has 0 aromatic rings. The number of rotatable bonds is 4. The summed E-state index contributed by atoms with van der Waals surface area (Å²) in [5, 5.41) is 2.03. The van der Waals surface area contributed by atoms with Gasteiger partial charge in [-0.2, -0.15) is 0 Å². The fraction of sp³-hybridized carbons (Fsp3) is 0.750. The monoisotopic (exact) mass is 167 g/mol. The molecular formula is C8H14BNO2. The fourth-order valence-electron chi connectivity index (χ4n) is 0.674. The fourth-order valence-corrected chi connectivity index (χ4v) is 0.674. The predicted molar refractivity (Wildman–Crippen MR) is 47.6 cm³/mol. The maximum absolute atomic E-state index is 11.0. The van der Waals surface area contributed by atoms with Gasteiger partial charge in [0.05, 0.1) is 0 Å². The van der Waals surface area contributed by atoms with Crippen molar-refractivity contribution >= 4 is 19.7 Å². The lowest BCUT2D eigenvalue weighted by Crippen LogP contribution is -2.26. The molecule has 0 aromatic heterocycles. The second-order valence-electron chi connectivity index (χ2n) is 3.51. The van der Waals surface area contributed by atoms with E-state index in [1.54, 1.807) is 0 Å². The molecule has 12 heavy (non-hydrogen) atoms. The van der Waals surface area contributed by atoms with Crippen LogP contribution in [0.4, 0.5) is 0 Å². The van der Waals surface area contributed by atoms with Crippen LogP contribution in [-0.2, 0) is 9.59 Å². The van der Waals surface area contributed by atoms with E-state index in [2.05, 4.69) is 0 Å². The van der Waals surface area contributed by atoms with Gasteiger partial charge in [-0.1, -0.05) is 13.8 Å². The molecule has 0 unspecified atom stereocenters. The lowest BCUT2D eigenvalue weighted by molar-refractivity contribution is -0.126. The van der Waals surface area contributed by atoms with E-state index in [-0.39, 0.29) is 11.7 Å². The molecule has 0 spiro atoms. The quantitative estimate of drug-likeness (QED) is 0.622. The Labute approximate surface area is 74.3 Å². The smallest absolute Gasteiger partial charge is 0.226 e. The third-order valence-corrected chi connectivity index (χ3v) is 2.09. The van der Waals surface area contributed by atoms with E-state index >= 15 is 0 Å². The summed E-state index contributed by atoms with van der Waals surface area (Å²) in [7, 11) is 4.89. The van der Waals surface area contributed by atoms with Gasteiger partial charge in [0.2, 0.25) is 13.9 Å². The Balaban J connectivity index is 3.92. The van der Waals surface area contributed by atoms with Crippen LogP contribution in [0.2, 0.25) is 0 Å². The Bertz CT molecular complexity index is 189. The highest BCUT2D eigenvalue weighted by Crippen LogP contribution is 2.22. The molecule has 2 radical (unpaired) electrons. The molecule has 0 aliphatic heterocycles. The number of ketones is 1. The van der Waals surface area contributed by atoms with E-state index in [4.69, 9.17) is 7.98 Å². The number of nitrogens with one attached hydrogen (secondary N) is 1. The van der Waals surface area contributed by atoms with Crippen molar-refractivity contribution in [3.05, 3.63) is 0 Å². The SMILES string of the molecule is [B]NC(=O)CCC(C)(C)C(C)=O. The molecule has 0 heterocycles. The van der Waals surface area contributed by atoms with Crippen molar-refractivity contribution in [3.8, 4) is 0 Å². The molecule has 1 N–H and O–H groups in total. The standard InChI is InChI=1S/C8H14BNO2/c1-6(11)8(2,3)5-4-7(12)10-9/h4-5H2,1-3H3,(H,10,12). The Morgan fingerprint density at radius 3 is 2.25 bits per heavy atom. The summed E-state index contributed by atoms with van der Waals surface area (Å²) in [6.07, 6.45) is 0.828. The molecule has 0 saturated heterocycles. The maximum Gasteiger partial charge on any atom is 0.226 e. The van der Waals surface area contributed by atoms with E-state index in [9.17, 15) is 9.59 Å². The highest BCUT2D eigenvalue weighted by atomic mass is 16.1.